The van der Waals surface area contributed by atoms with Gasteiger partial charge in [-0.15, -0.1) is 0 Å². The quantitative estimate of drug-likeness (QED) is 0.491. The van der Waals surface area contributed by atoms with E-state index in [1.54, 1.807) is 6.08 Å². The second kappa shape index (κ2) is 15.4. The van der Waals surface area contributed by atoms with E-state index in [9.17, 15) is 0 Å². The molecule has 0 nitrogen and oxygen atoms in total. The van der Waals surface area contributed by atoms with Crippen LogP contribution in [0.2, 0.25) is 0 Å². The van der Waals surface area contributed by atoms with Gasteiger partial charge in [0.2, 0.25) is 0 Å². The molecule has 0 atom stereocenters. The summed E-state index contributed by atoms with van der Waals surface area (Å²) >= 11 is 0. The Kier molecular flexibility index (Phi) is 18.6. The summed E-state index contributed by atoms with van der Waals surface area (Å²) < 4.78 is 0. The molecule has 0 unspecified atom stereocenters. The van der Waals surface area contributed by atoms with E-state index in [1.165, 1.54) is 0 Å². The molecule has 0 saturated heterocycles. The summed E-state index contributed by atoms with van der Waals surface area (Å²) in [5.74, 6) is 0. The van der Waals surface area contributed by atoms with Crippen molar-refractivity contribution < 1.29 is 0 Å². The molecule has 0 amide bonds. The van der Waals surface area contributed by atoms with Gasteiger partial charge in [-0.2, -0.15) is 0 Å². The first-order valence-electron chi connectivity index (χ1n) is 6.50. The Labute approximate surface area is 115 Å². The third-order valence-corrected chi connectivity index (χ3v) is 1.71. The lowest BCUT2D eigenvalue weighted by atomic mass is 10.1. The molecule has 0 saturated carbocycles. The minimum atomic E-state index is 0.897. The van der Waals surface area contributed by atoms with Gasteiger partial charge in [-0.3, -0.25) is 0 Å². The lowest BCUT2D eigenvalue weighted by molar-refractivity contribution is 1.47. The van der Waals surface area contributed by atoms with Crippen LogP contribution in [-0.4, -0.2) is 0 Å². The van der Waals surface area contributed by atoms with Gasteiger partial charge in [0.15, 0.2) is 0 Å². The molecule has 0 spiro atoms. The Morgan fingerprint density at radius 3 is 1.56 bits per heavy atom. The summed E-state index contributed by atoms with van der Waals surface area (Å²) in [5.41, 5.74) is 3.89. The zero-order valence-electron chi connectivity index (χ0n) is 13.1. The van der Waals surface area contributed by atoms with Crippen LogP contribution in [0.3, 0.4) is 0 Å². The van der Waals surface area contributed by atoms with Gasteiger partial charge in [0.25, 0.3) is 0 Å². The minimum absolute atomic E-state index is 0.897. The minimum Gasteiger partial charge on any atom is -0.0988 e. The van der Waals surface area contributed by atoms with E-state index in [2.05, 4.69) is 26.3 Å². The number of hydrogen-bond donors (Lipinski definition) is 0. The molecule has 102 valence electrons. The monoisotopic (exact) mass is 246 g/mol. The van der Waals surface area contributed by atoms with Crippen LogP contribution in [0.4, 0.5) is 0 Å². The van der Waals surface area contributed by atoms with Crippen LogP contribution in [-0.2, 0) is 0 Å². The third kappa shape index (κ3) is 14.4. The van der Waals surface area contributed by atoms with Crippen LogP contribution < -0.4 is 0 Å². The van der Waals surface area contributed by atoms with E-state index in [0.717, 1.165) is 22.3 Å². The highest BCUT2D eigenvalue weighted by Gasteiger charge is 1.92. The molecule has 0 aliphatic carbocycles. The molecule has 0 rings (SSSR count). The van der Waals surface area contributed by atoms with E-state index < -0.39 is 0 Å². The molecule has 0 aliphatic heterocycles. The van der Waals surface area contributed by atoms with Crippen molar-refractivity contribution in [3.05, 3.63) is 72.9 Å². The van der Waals surface area contributed by atoms with Crippen LogP contribution in [0.25, 0.3) is 0 Å². The third-order valence-electron chi connectivity index (χ3n) is 1.71. The van der Waals surface area contributed by atoms with Gasteiger partial charge in [0.1, 0.15) is 0 Å². The lowest BCUT2D eigenvalue weighted by Crippen LogP contribution is -1.80. The molecule has 0 bridgehead atoms. The van der Waals surface area contributed by atoms with Gasteiger partial charge in [-0.25, -0.2) is 0 Å². The zero-order valence-corrected chi connectivity index (χ0v) is 13.1. The molecule has 0 heteroatoms. The fraction of sp³-hybridized carbons (Fsp3) is 0.333. The van der Waals surface area contributed by atoms with Crippen LogP contribution in [0.15, 0.2) is 72.9 Å². The van der Waals surface area contributed by atoms with E-state index in [1.807, 2.05) is 59.8 Å². The second-order valence-electron chi connectivity index (χ2n) is 3.32. The molecular formula is C18H30. The second-order valence-corrected chi connectivity index (χ2v) is 3.32. The van der Waals surface area contributed by atoms with Crippen molar-refractivity contribution in [2.45, 2.75) is 41.5 Å². The average molecular weight is 246 g/mol. The standard InChI is InChI=1S/C14H18.2C2H6/c1-7-12(4)10-14(6)13(5)9-8-11(2)3;2*1-2/h7-10H,1-2,5-6H2,3-4H3;2*1-2H3/b9-8-,12-10-;;. The highest BCUT2D eigenvalue weighted by atomic mass is 14.0. The number of rotatable bonds is 5. The molecular weight excluding hydrogens is 216 g/mol. The zero-order chi connectivity index (χ0) is 15.1. The summed E-state index contributed by atoms with van der Waals surface area (Å²) in [6, 6.07) is 0. The van der Waals surface area contributed by atoms with Crippen LogP contribution in [0.5, 0.6) is 0 Å². The SMILES string of the molecule is C=C/C(C)=C\C(=C)C(=C)/C=C\C(=C)C.CC.CC. The van der Waals surface area contributed by atoms with E-state index in [-0.39, 0.29) is 0 Å². The predicted octanol–water partition coefficient (Wildman–Crippen LogP) is 6.42. The average Bonchev–Trinajstić information content (AvgIpc) is 2.40. The molecule has 0 aromatic carbocycles. The van der Waals surface area contributed by atoms with Crippen molar-refractivity contribution >= 4 is 0 Å². The number of hydrogen-bond acceptors (Lipinski definition) is 0. The van der Waals surface area contributed by atoms with Gasteiger partial charge in [0, 0.05) is 0 Å². The molecule has 0 radical (unpaired) electrons. The maximum atomic E-state index is 3.92. The first-order chi connectivity index (χ1) is 8.47. The molecule has 18 heavy (non-hydrogen) atoms. The first kappa shape index (κ1) is 21.7. The highest BCUT2D eigenvalue weighted by Crippen LogP contribution is 2.12. The highest BCUT2D eigenvalue weighted by molar-refractivity contribution is 5.46. The molecule has 0 aromatic rings. The van der Waals surface area contributed by atoms with Gasteiger partial charge >= 0.3 is 0 Å². The van der Waals surface area contributed by atoms with Crippen molar-refractivity contribution in [2.24, 2.45) is 0 Å². The topological polar surface area (TPSA) is 0 Å². The van der Waals surface area contributed by atoms with Crippen LogP contribution >= 0.6 is 0 Å². The van der Waals surface area contributed by atoms with E-state index in [0.29, 0.717) is 0 Å². The molecule has 0 N–H and O–H groups in total. The summed E-state index contributed by atoms with van der Waals surface area (Å²) in [4.78, 5) is 0. The van der Waals surface area contributed by atoms with Gasteiger partial charge in [-0.05, 0) is 25.0 Å². The summed E-state index contributed by atoms with van der Waals surface area (Å²) in [6.45, 7) is 27.2. The van der Waals surface area contributed by atoms with Crippen molar-refractivity contribution in [3.8, 4) is 0 Å². The van der Waals surface area contributed by atoms with Crippen molar-refractivity contribution in [3.63, 3.8) is 0 Å². The normalized spacial score (nSPS) is 9.56. The Morgan fingerprint density at radius 2 is 1.22 bits per heavy atom. The summed E-state index contributed by atoms with van der Waals surface area (Å²) in [7, 11) is 0. The van der Waals surface area contributed by atoms with Crippen LogP contribution in [0.1, 0.15) is 41.5 Å². The van der Waals surface area contributed by atoms with Crippen molar-refractivity contribution in [1.82, 2.24) is 0 Å². The van der Waals surface area contributed by atoms with Crippen molar-refractivity contribution in [2.75, 3.05) is 0 Å². The van der Waals surface area contributed by atoms with Gasteiger partial charge in [-0.1, -0.05) is 89.5 Å². The Morgan fingerprint density at radius 1 is 0.778 bits per heavy atom. The Hall–Kier alpha value is -1.56. The Balaban J connectivity index is -0.000000506. The summed E-state index contributed by atoms with van der Waals surface area (Å²) in [6.07, 6.45) is 7.58. The van der Waals surface area contributed by atoms with E-state index >= 15 is 0 Å². The maximum absolute atomic E-state index is 3.92. The smallest absolute Gasteiger partial charge is 0.0259 e. The maximum Gasteiger partial charge on any atom is -0.0259 e. The molecule has 0 aliphatic rings. The molecule has 0 aromatic heterocycles. The lowest BCUT2D eigenvalue weighted by Gasteiger charge is -2.00. The summed E-state index contributed by atoms with van der Waals surface area (Å²) in [5, 5.41) is 0. The fourth-order valence-corrected chi connectivity index (χ4v) is 0.776. The van der Waals surface area contributed by atoms with Gasteiger partial charge < -0.3 is 0 Å². The molecule has 0 heterocycles. The van der Waals surface area contributed by atoms with Crippen LogP contribution in [0, 0.1) is 0 Å². The van der Waals surface area contributed by atoms with Gasteiger partial charge in [0.05, 0.1) is 0 Å². The molecule has 0 fully saturated rings. The first-order valence-corrected chi connectivity index (χ1v) is 6.50. The predicted molar refractivity (Wildman–Crippen MR) is 88.9 cm³/mol. The number of allylic oxidation sites excluding steroid dienone is 8. The van der Waals surface area contributed by atoms with Crippen molar-refractivity contribution in [1.29, 1.82) is 0 Å². The van der Waals surface area contributed by atoms with E-state index in [4.69, 9.17) is 0 Å². The largest absolute Gasteiger partial charge is 0.0988 e. The Bertz CT molecular complexity index is 322. The fourth-order valence-electron chi connectivity index (χ4n) is 0.776.